The van der Waals surface area contributed by atoms with E-state index in [1.165, 1.54) is 11.8 Å². The van der Waals surface area contributed by atoms with Gasteiger partial charge in [0.05, 0.1) is 6.54 Å². The minimum atomic E-state index is 0.00340. The Labute approximate surface area is 164 Å². The van der Waals surface area contributed by atoms with Crippen LogP contribution >= 0.6 is 11.8 Å². The number of hydrogen-bond acceptors (Lipinski definition) is 5. The summed E-state index contributed by atoms with van der Waals surface area (Å²) in [5, 5.41) is 3.01. The summed E-state index contributed by atoms with van der Waals surface area (Å²) in [6.07, 6.45) is 0.379. The molecular weight excluding hydrogens is 364 g/mol. The van der Waals surface area contributed by atoms with Crippen LogP contribution in [0, 0.1) is 0 Å². The fourth-order valence-corrected chi connectivity index (χ4v) is 4.08. The van der Waals surface area contributed by atoms with Crippen LogP contribution in [-0.4, -0.2) is 83.3 Å². The molecule has 27 heavy (non-hydrogen) atoms. The highest BCUT2D eigenvalue weighted by Crippen LogP contribution is 2.17. The van der Waals surface area contributed by atoms with E-state index in [2.05, 4.69) is 10.2 Å². The van der Waals surface area contributed by atoms with Crippen LogP contribution in [0.3, 0.4) is 0 Å². The van der Waals surface area contributed by atoms with Crippen LogP contribution in [0.1, 0.15) is 12.0 Å². The van der Waals surface area contributed by atoms with Crippen molar-refractivity contribution >= 4 is 28.8 Å². The maximum Gasteiger partial charge on any atom is 0.281 e. The summed E-state index contributed by atoms with van der Waals surface area (Å²) in [5.41, 5.74) is 1.08. The Morgan fingerprint density at radius 3 is 2.44 bits per heavy atom. The molecule has 1 aromatic rings. The molecule has 146 valence electrons. The van der Waals surface area contributed by atoms with Gasteiger partial charge in [-0.15, -0.1) is 0 Å². The van der Waals surface area contributed by atoms with Crippen molar-refractivity contribution in [1.29, 1.82) is 0 Å². The van der Waals surface area contributed by atoms with E-state index in [1.807, 2.05) is 35.2 Å². The molecule has 3 amide bonds. The molecule has 0 atom stereocenters. The summed E-state index contributed by atoms with van der Waals surface area (Å²) in [6.45, 7) is 4.79. The van der Waals surface area contributed by atoms with Gasteiger partial charge in [0.25, 0.3) is 5.24 Å². The predicted molar refractivity (Wildman–Crippen MR) is 105 cm³/mol. The third-order valence-electron chi connectivity index (χ3n) is 4.87. The molecule has 2 saturated heterocycles. The fraction of sp³-hybridized carbons (Fsp3) is 0.526. The van der Waals surface area contributed by atoms with Gasteiger partial charge in [-0.3, -0.25) is 19.3 Å². The summed E-state index contributed by atoms with van der Waals surface area (Å²) >= 11 is 1.32. The van der Waals surface area contributed by atoms with E-state index in [9.17, 15) is 14.4 Å². The third kappa shape index (κ3) is 5.97. The second-order valence-corrected chi connectivity index (χ2v) is 7.82. The average molecular weight is 391 g/mol. The van der Waals surface area contributed by atoms with Crippen molar-refractivity contribution in [2.75, 3.05) is 51.6 Å². The first-order valence-corrected chi connectivity index (χ1v) is 10.3. The fourth-order valence-electron chi connectivity index (χ4n) is 3.23. The van der Waals surface area contributed by atoms with Gasteiger partial charge in [0.15, 0.2) is 0 Å². The largest absolute Gasteiger partial charge is 0.351 e. The Hall–Kier alpha value is -2.06. The van der Waals surface area contributed by atoms with Crippen molar-refractivity contribution in [3.63, 3.8) is 0 Å². The number of nitrogens with zero attached hydrogens (tertiary/aromatic N) is 3. The number of amides is 3. The lowest BCUT2D eigenvalue weighted by molar-refractivity contribution is -0.133. The molecule has 0 bridgehead atoms. The minimum absolute atomic E-state index is 0.00340. The zero-order valence-electron chi connectivity index (χ0n) is 15.4. The first-order chi connectivity index (χ1) is 13.1. The lowest BCUT2D eigenvalue weighted by Crippen LogP contribution is -2.51. The molecule has 0 saturated carbocycles. The van der Waals surface area contributed by atoms with Crippen molar-refractivity contribution < 1.29 is 14.4 Å². The first kappa shape index (κ1) is 19.7. The smallest absolute Gasteiger partial charge is 0.281 e. The average Bonchev–Trinajstić information content (AvgIpc) is 3.11. The van der Waals surface area contributed by atoms with Crippen LogP contribution in [0.5, 0.6) is 0 Å². The SMILES string of the molecule is O=C(CN1CCN(C(=O)CCN2CCSC2=O)CC1)NCc1ccccc1. The van der Waals surface area contributed by atoms with Crippen molar-refractivity contribution in [2.45, 2.75) is 13.0 Å². The summed E-state index contributed by atoms with van der Waals surface area (Å²) in [4.78, 5) is 41.7. The third-order valence-corrected chi connectivity index (χ3v) is 5.76. The molecule has 2 fully saturated rings. The van der Waals surface area contributed by atoms with E-state index in [4.69, 9.17) is 0 Å². The van der Waals surface area contributed by atoms with Gasteiger partial charge < -0.3 is 15.1 Å². The van der Waals surface area contributed by atoms with Gasteiger partial charge in [-0.05, 0) is 5.56 Å². The van der Waals surface area contributed by atoms with E-state index in [1.54, 1.807) is 4.90 Å². The van der Waals surface area contributed by atoms with Crippen LogP contribution in [0.15, 0.2) is 30.3 Å². The van der Waals surface area contributed by atoms with E-state index >= 15 is 0 Å². The molecule has 2 aliphatic rings. The van der Waals surface area contributed by atoms with Gasteiger partial charge in [0.2, 0.25) is 11.8 Å². The molecule has 0 aromatic heterocycles. The number of nitrogens with one attached hydrogen (secondary N) is 1. The zero-order valence-corrected chi connectivity index (χ0v) is 16.2. The van der Waals surface area contributed by atoms with Gasteiger partial charge >= 0.3 is 0 Å². The Kier molecular flexibility index (Phi) is 7.11. The Morgan fingerprint density at radius 2 is 1.78 bits per heavy atom. The number of piperazine rings is 1. The second kappa shape index (κ2) is 9.75. The number of benzene rings is 1. The molecule has 0 radical (unpaired) electrons. The molecular formula is C19H26N4O3S. The van der Waals surface area contributed by atoms with Crippen molar-refractivity contribution in [3.8, 4) is 0 Å². The van der Waals surface area contributed by atoms with Gasteiger partial charge in [-0.2, -0.15) is 0 Å². The van der Waals surface area contributed by atoms with Crippen molar-refractivity contribution in [2.24, 2.45) is 0 Å². The van der Waals surface area contributed by atoms with Gasteiger partial charge in [-0.1, -0.05) is 42.1 Å². The maximum absolute atomic E-state index is 12.3. The highest BCUT2D eigenvalue weighted by atomic mass is 32.2. The normalized spacial score (nSPS) is 18.0. The quantitative estimate of drug-likeness (QED) is 0.752. The minimum Gasteiger partial charge on any atom is -0.351 e. The Bertz CT molecular complexity index is 662. The second-order valence-electron chi connectivity index (χ2n) is 6.77. The molecule has 3 rings (SSSR count). The molecule has 1 N–H and O–H groups in total. The lowest BCUT2D eigenvalue weighted by Gasteiger charge is -2.34. The van der Waals surface area contributed by atoms with Crippen molar-refractivity contribution in [1.82, 2.24) is 20.0 Å². The van der Waals surface area contributed by atoms with E-state index in [0.717, 1.165) is 17.9 Å². The molecule has 1 aromatic carbocycles. The number of rotatable bonds is 7. The number of thioether (sulfide) groups is 1. The molecule has 2 heterocycles. The summed E-state index contributed by atoms with van der Waals surface area (Å²) in [5.74, 6) is 0.912. The summed E-state index contributed by atoms with van der Waals surface area (Å²) in [6, 6.07) is 9.83. The topological polar surface area (TPSA) is 73.0 Å². The molecule has 0 unspecified atom stereocenters. The first-order valence-electron chi connectivity index (χ1n) is 9.34. The Morgan fingerprint density at radius 1 is 1.04 bits per heavy atom. The zero-order chi connectivity index (χ0) is 19.1. The summed E-state index contributed by atoms with van der Waals surface area (Å²) < 4.78 is 0. The van der Waals surface area contributed by atoms with E-state index in [-0.39, 0.29) is 17.1 Å². The van der Waals surface area contributed by atoms with Crippen molar-refractivity contribution in [3.05, 3.63) is 35.9 Å². The summed E-state index contributed by atoms with van der Waals surface area (Å²) in [7, 11) is 0. The van der Waals surface area contributed by atoms with Crippen LogP contribution in [-0.2, 0) is 16.1 Å². The molecule has 2 aliphatic heterocycles. The lowest BCUT2D eigenvalue weighted by atomic mass is 10.2. The van der Waals surface area contributed by atoms with E-state index < -0.39 is 0 Å². The maximum atomic E-state index is 12.3. The molecule has 0 spiro atoms. The van der Waals surface area contributed by atoms with Crippen LogP contribution in [0.2, 0.25) is 0 Å². The van der Waals surface area contributed by atoms with Crippen LogP contribution in [0.4, 0.5) is 4.79 Å². The monoisotopic (exact) mass is 390 g/mol. The molecule has 0 aliphatic carbocycles. The number of carbonyl (C=O) groups is 3. The highest BCUT2D eigenvalue weighted by Gasteiger charge is 2.25. The molecule has 8 heteroatoms. The van der Waals surface area contributed by atoms with Gasteiger partial charge in [0, 0.05) is 58.0 Å². The Balaban J connectivity index is 1.32. The molecule has 7 nitrogen and oxygen atoms in total. The van der Waals surface area contributed by atoms with Gasteiger partial charge in [0.1, 0.15) is 0 Å². The van der Waals surface area contributed by atoms with E-state index in [0.29, 0.717) is 52.2 Å². The predicted octanol–water partition coefficient (Wildman–Crippen LogP) is 1.01. The standard InChI is InChI=1S/C19H26N4O3S/c24-17(20-14-16-4-2-1-3-5-16)15-21-8-10-22(11-9-21)18(25)6-7-23-12-13-27-19(23)26/h1-5H,6-15H2,(H,20,24). The van der Waals surface area contributed by atoms with Crippen LogP contribution < -0.4 is 5.32 Å². The highest BCUT2D eigenvalue weighted by molar-refractivity contribution is 8.13. The van der Waals surface area contributed by atoms with Crippen LogP contribution in [0.25, 0.3) is 0 Å². The number of carbonyl (C=O) groups excluding carboxylic acids is 3. The number of hydrogen-bond donors (Lipinski definition) is 1. The van der Waals surface area contributed by atoms with Gasteiger partial charge in [-0.25, -0.2) is 0 Å².